The molecule has 3 aliphatic heterocycles. The van der Waals surface area contributed by atoms with Gasteiger partial charge in [-0.15, -0.1) is 191 Å². The van der Waals surface area contributed by atoms with Crippen LogP contribution in [-0.2, 0) is 103 Å². The van der Waals surface area contributed by atoms with Crippen molar-refractivity contribution in [1.82, 2.24) is 39.9 Å². The molecule has 2 radical (unpaired) electrons. The van der Waals surface area contributed by atoms with E-state index in [1.807, 2.05) is 328 Å². The van der Waals surface area contributed by atoms with Crippen LogP contribution in [0.3, 0.4) is 0 Å². The maximum absolute atomic E-state index is 5.95. The first kappa shape index (κ1) is 100. The third-order valence-electron chi connectivity index (χ3n) is 22.4. The van der Waals surface area contributed by atoms with E-state index in [2.05, 4.69) is 196 Å². The number of aromatic nitrogens is 8. The van der Waals surface area contributed by atoms with E-state index in [4.69, 9.17) is 45.0 Å². The molecule has 21 aromatic rings. The summed E-state index contributed by atoms with van der Waals surface area (Å²) in [6.07, 6.45) is 4.05. The largest absolute Gasteiger partial charge is 2.00 e. The Labute approximate surface area is 890 Å². The zero-order valence-corrected chi connectivity index (χ0v) is 87.6. The number of nitrogens with zero attached hydrogens (tertiary/aromatic N) is 13. The van der Waals surface area contributed by atoms with E-state index in [1.165, 1.54) is 27.5 Å². The monoisotopic (exact) mass is 2720 g/mol. The van der Waals surface area contributed by atoms with Crippen LogP contribution in [-0.4, -0.2) is 39.9 Å². The number of rotatable bonds is 12. The topological polar surface area (TPSA) is 160 Å². The van der Waals surface area contributed by atoms with Gasteiger partial charge in [0.05, 0.1) is 33.8 Å². The van der Waals surface area contributed by atoms with Crippen molar-refractivity contribution in [2.24, 2.45) is 0 Å². The molecule has 24 rings (SSSR count). The van der Waals surface area contributed by atoms with E-state index in [9.17, 15) is 0 Å². The van der Waals surface area contributed by atoms with E-state index in [-0.39, 0.29) is 103 Å². The van der Waals surface area contributed by atoms with Crippen molar-refractivity contribution in [3.05, 3.63) is 524 Å². The molecule has 8 aromatic heterocycles. The van der Waals surface area contributed by atoms with Gasteiger partial charge in [-0.05, 0) is 184 Å². The summed E-state index contributed by atoms with van der Waals surface area (Å²) in [6.45, 7) is 6.30. The molecule has 0 atom stereocenters. The molecule has 3 aliphatic rings. The van der Waals surface area contributed by atoms with E-state index in [0.717, 1.165) is 164 Å². The number of hydrogen-bond acceptors (Lipinski definition) is 13. The van der Waals surface area contributed by atoms with Crippen molar-refractivity contribution >= 4 is 85.4 Å². The Morgan fingerprint density at radius 1 is 0.291 bits per heavy atom. The number of hydrogen-bond donors (Lipinski definition) is 0. The zero-order chi connectivity index (χ0) is 91.7. The summed E-state index contributed by atoms with van der Waals surface area (Å²) in [7, 11) is 0. The Balaban J connectivity index is 0.000000138. The molecule has 15 nitrogen and oxygen atoms in total. The molecule has 0 aliphatic carbocycles. The van der Waals surface area contributed by atoms with E-state index in [0.29, 0.717) is 23.3 Å². The fourth-order valence-corrected chi connectivity index (χ4v) is 16.0. The molecule has 0 saturated heterocycles. The standard InChI is InChI=1S/C38H26N6.C28H19N3.C22H12N2O2.C17H14N.C16H12N.2Ir.3Pt/c1-3-15-29(16-4-1)43-35-23-9-7-19-33(35)41-37(43)25-27-13-11-21-31(39-27)32-22-12-14-28(40-32)26-38-42-34-20-8-10-24-36(34)44(38)30-17-5-2-6-18-30;1-4-12-22(13-5-1)25-18-10-20-27(29-25)31(24-16-8-3-9-17-24)28-21-11-19-26(30-28)23-14-6-2-7-15-23;1-5-15-13-17(7-1)25-18-8-2-6-16(14-18)20-10-4-12-22(24-20)26-21-11-3-9-19(15)23-21;1-12-4-3-5-15(10-12)16-9-8-14-7-6-13(2)11-17(14)18-16;1-12-11-16(13-7-3-2-4-8-13)17-15-10-6-5-9-14(12)15;;;;;/h1-26H;1-12,14,16-21H;1-12H;3-4,6-11H,1-2H3;2-7,9-11H,1H3;;;;;/q3*-2;2*-1;;;3*+2. The number of aryl methyl sites for hydroxylation is 3. The van der Waals surface area contributed by atoms with Gasteiger partial charge in [0, 0.05) is 62.8 Å². The molecule has 13 aromatic carbocycles. The van der Waals surface area contributed by atoms with Crippen LogP contribution in [0.2, 0.25) is 0 Å². The molecule has 0 amide bonds. The van der Waals surface area contributed by atoms with Gasteiger partial charge in [0.1, 0.15) is 11.6 Å². The fraction of sp³-hybridized carbons (Fsp3) is 0.0248. The Morgan fingerprint density at radius 3 is 1.22 bits per heavy atom. The Hall–Kier alpha value is -15.0. The van der Waals surface area contributed by atoms with Crippen molar-refractivity contribution in [1.29, 1.82) is 0 Å². The summed E-state index contributed by atoms with van der Waals surface area (Å²) >= 11 is 0. The smallest absolute Gasteiger partial charge is 0.497 e. The Bertz CT molecular complexity index is 7500. The first-order valence-electron chi connectivity index (χ1n) is 44.6. The predicted octanol–water partition coefficient (Wildman–Crippen LogP) is 31.0. The van der Waals surface area contributed by atoms with Crippen LogP contribution in [0.25, 0.3) is 124 Å². The van der Waals surface area contributed by atoms with Crippen LogP contribution in [0.5, 0.6) is 23.3 Å². The molecule has 141 heavy (non-hydrogen) atoms. The minimum Gasteiger partial charge on any atom is -0.497 e. The van der Waals surface area contributed by atoms with Crippen LogP contribution < -0.4 is 24.2 Å². The molecule has 8 bridgehead atoms. The second kappa shape index (κ2) is 48.1. The molecular weight excluding hydrogens is 2640 g/mol. The van der Waals surface area contributed by atoms with E-state index < -0.39 is 0 Å². The normalized spacial score (nSPS) is 11.9. The number of pyridine rings is 8. The molecule has 0 spiro atoms. The summed E-state index contributed by atoms with van der Waals surface area (Å²) in [6, 6.07) is 164. The molecular formula is C121H83Ir2N13O2Pt3-2. The fourth-order valence-electron chi connectivity index (χ4n) is 16.0. The van der Waals surface area contributed by atoms with Gasteiger partial charge in [-0.3, -0.25) is 34.8 Å². The minimum absolute atomic E-state index is 0. The Morgan fingerprint density at radius 2 is 0.702 bits per heavy atom. The first-order chi connectivity index (χ1) is 67.1. The van der Waals surface area contributed by atoms with Crippen molar-refractivity contribution in [2.45, 2.75) is 20.8 Å². The third-order valence-corrected chi connectivity index (χ3v) is 22.4. The average Bonchev–Trinajstić information content (AvgIpc) is 1.66. The minimum atomic E-state index is 0. The second-order valence-corrected chi connectivity index (χ2v) is 32.0. The summed E-state index contributed by atoms with van der Waals surface area (Å²) in [4.78, 5) is 44.8. The quantitative estimate of drug-likeness (QED) is 0.106. The number of para-hydroxylation sites is 8. The zero-order valence-electron chi connectivity index (χ0n) is 76.0. The maximum Gasteiger partial charge on any atom is 2.00 e. The predicted molar refractivity (Wildman–Crippen MR) is 548 cm³/mol. The van der Waals surface area contributed by atoms with Crippen molar-refractivity contribution in [2.75, 3.05) is 14.7 Å². The van der Waals surface area contributed by atoms with Gasteiger partial charge in [0.2, 0.25) is 11.8 Å². The summed E-state index contributed by atoms with van der Waals surface area (Å²) in [5.74, 6) is 5.37. The van der Waals surface area contributed by atoms with E-state index in [1.54, 1.807) is 12.1 Å². The van der Waals surface area contributed by atoms with Gasteiger partial charge in [-0.1, -0.05) is 267 Å². The van der Waals surface area contributed by atoms with Gasteiger partial charge in [-0.25, -0.2) is 9.97 Å². The summed E-state index contributed by atoms with van der Waals surface area (Å²) in [5.41, 5.74) is 26.9. The van der Waals surface area contributed by atoms with Gasteiger partial charge in [-0.2, -0.15) is 0 Å². The van der Waals surface area contributed by atoms with Gasteiger partial charge in [0.25, 0.3) is 0 Å². The molecule has 694 valence electrons. The van der Waals surface area contributed by atoms with Crippen molar-refractivity contribution < 1.29 is 113 Å². The number of benzene rings is 13. The van der Waals surface area contributed by atoms with Crippen molar-refractivity contribution in [3.8, 4) is 102 Å². The molecule has 0 saturated carbocycles. The number of ether oxygens (including phenoxy) is 2. The van der Waals surface area contributed by atoms with Crippen LogP contribution in [0.15, 0.2) is 448 Å². The summed E-state index contributed by atoms with van der Waals surface area (Å²) in [5, 5.41) is 12.3. The van der Waals surface area contributed by atoms with Crippen LogP contribution in [0.1, 0.15) is 28.1 Å². The summed E-state index contributed by atoms with van der Waals surface area (Å²) < 4.78 is 11.8. The molecule has 0 N–H and O–H groups in total. The third kappa shape index (κ3) is 24.5. The first-order valence-corrected chi connectivity index (χ1v) is 44.6. The molecule has 11 heterocycles. The van der Waals surface area contributed by atoms with Gasteiger partial charge >= 0.3 is 63.2 Å². The molecule has 20 heteroatoms. The molecule has 0 fully saturated rings. The van der Waals surface area contributed by atoms with Crippen molar-refractivity contribution in [3.63, 3.8) is 0 Å². The average molecular weight is 2720 g/mol. The van der Waals surface area contributed by atoms with Gasteiger partial charge < -0.3 is 29.9 Å². The van der Waals surface area contributed by atoms with Gasteiger partial charge in [0.15, 0.2) is 0 Å². The van der Waals surface area contributed by atoms with E-state index >= 15 is 0 Å². The second-order valence-electron chi connectivity index (χ2n) is 32.0. The SMILES string of the molecule is C(=C1[N-]c2ccccc2N1c1ccccc1)c1cccc(-c2cccc(C=C3[N-]c4ccccc4N3c3ccccc3)n2)n1.Cc1cc(-c2[c-]cccc2)nc2ccccc12.Cc1cc[c-]c(-c2ccc3ccc(C)cc3n2)c1.[Ir].[Ir].[Pt+2].[Pt+2].[Pt+2].[c-]1c2cccc1-c1cccc(n1)Oc1cccc(n1)-c1[c-]c(ccc1)O2.[c-]1ccccc1-c1cccc(N(c2ccccc2)c2cccc(-c3[c-]cccc3)n2)n1. The Kier molecular flexibility index (Phi) is 34.2. The molecule has 0 unspecified atom stereocenters. The number of anilines is 7. The van der Waals surface area contributed by atoms with Crippen LogP contribution in [0.4, 0.5) is 51.4 Å². The number of fused-ring (bicyclic) bond motifs is 14. The van der Waals surface area contributed by atoms with Crippen LogP contribution in [0, 0.1) is 57.2 Å². The van der Waals surface area contributed by atoms with Crippen LogP contribution >= 0.6 is 0 Å². The maximum atomic E-state index is 5.95.